The Morgan fingerprint density at radius 3 is 2.39 bits per heavy atom. The van der Waals surface area contributed by atoms with Crippen LogP contribution in [-0.2, 0) is 4.74 Å². The van der Waals surface area contributed by atoms with Gasteiger partial charge >= 0.3 is 6.09 Å². The summed E-state index contributed by atoms with van der Waals surface area (Å²) in [6, 6.07) is 13.1. The van der Waals surface area contributed by atoms with Crippen LogP contribution in [0.1, 0.15) is 58.8 Å². The first kappa shape index (κ1) is 28.6. The standard InChI is InChI=1S/C29H38N6O3/c1-20(2)34(15-16-35(21(3)4)28(37)38-29(5,6)7)26-12-11-23(18-31-26)25-13-14-30-27(33-25)32-24-10-8-9-22(17-24)19-36/h8-14,17-21H,15-16H2,1-7H3,(H,30,32,33). The molecule has 3 rings (SSSR count). The number of ether oxygens (including phenoxy) is 1. The van der Waals surface area contributed by atoms with Crippen molar-refractivity contribution in [2.75, 3.05) is 23.3 Å². The van der Waals surface area contributed by atoms with Gasteiger partial charge in [0.25, 0.3) is 0 Å². The Balaban J connectivity index is 1.73. The SMILES string of the molecule is CC(C)N(CCN(c1ccc(-c2ccnc(Nc3cccc(C=O)c3)n2)cn1)C(C)C)C(=O)OC(C)(C)C. The van der Waals surface area contributed by atoms with E-state index in [0.29, 0.717) is 24.6 Å². The number of carbonyl (C=O) groups is 2. The van der Waals surface area contributed by atoms with Crippen LogP contribution in [-0.4, -0.2) is 63.0 Å². The molecule has 0 atom stereocenters. The Bertz CT molecular complexity index is 1220. The largest absolute Gasteiger partial charge is 0.444 e. The summed E-state index contributed by atoms with van der Waals surface area (Å²) in [6.07, 6.45) is 3.96. The molecule has 0 spiro atoms. The smallest absolute Gasteiger partial charge is 0.410 e. The molecule has 1 amide bonds. The van der Waals surface area contributed by atoms with E-state index in [4.69, 9.17) is 9.72 Å². The van der Waals surface area contributed by atoms with Crippen molar-refractivity contribution in [2.24, 2.45) is 0 Å². The highest BCUT2D eigenvalue weighted by Crippen LogP contribution is 2.23. The molecule has 9 heteroatoms. The van der Waals surface area contributed by atoms with E-state index < -0.39 is 5.60 Å². The molecule has 1 aromatic carbocycles. The Morgan fingerprint density at radius 2 is 1.79 bits per heavy atom. The van der Waals surface area contributed by atoms with E-state index in [1.807, 2.05) is 58.9 Å². The predicted octanol–water partition coefficient (Wildman–Crippen LogP) is 5.96. The molecular weight excluding hydrogens is 480 g/mol. The van der Waals surface area contributed by atoms with Gasteiger partial charge in [-0.1, -0.05) is 12.1 Å². The molecule has 0 unspecified atom stereocenters. The molecule has 0 bridgehead atoms. The van der Waals surface area contributed by atoms with Crippen molar-refractivity contribution in [1.29, 1.82) is 0 Å². The molecule has 3 aromatic rings. The quantitative estimate of drug-likeness (QED) is 0.328. The first-order valence-electron chi connectivity index (χ1n) is 12.8. The van der Waals surface area contributed by atoms with Crippen molar-refractivity contribution >= 4 is 29.8 Å². The molecule has 38 heavy (non-hydrogen) atoms. The van der Waals surface area contributed by atoms with Crippen molar-refractivity contribution in [3.63, 3.8) is 0 Å². The van der Waals surface area contributed by atoms with Gasteiger partial charge in [0.1, 0.15) is 17.7 Å². The fourth-order valence-corrected chi connectivity index (χ4v) is 3.84. The maximum atomic E-state index is 12.7. The number of nitrogens with one attached hydrogen (secondary N) is 1. The average Bonchev–Trinajstić information content (AvgIpc) is 2.85. The third kappa shape index (κ3) is 7.99. The van der Waals surface area contributed by atoms with E-state index in [0.717, 1.165) is 29.0 Å². The Morgan fingerprint density at radius 1 is 1.03 bits per heavy atom. The summed E-state index contributed by atoms with van der Waals surface area (Å²) >= 11 is 0. The van der Waals surface area contributed by atoms with Crippen LogP contribution in [0.3, 0.4) is 0 Å². The van der Waals surface area contributed by atoms with E-state index >= 15 is 0 Å². The van der Waals surface area contributed by atoms with Crippen molar-refractivity contribution in [1.82, 2.24) is 19.9 Å². The molecule has 0 radical (unpaired) electrons. The predicted molar refractivity (Wildman–Crippen MR) is 151 cm³/mol. The minimum atomic E-state index is -0.546. The topological polar surface area (TPSA) is 101 Å². The molecule has 0 aliphatic carbocycles. The van der Waals surface area contributed by atoms with Gasteiger partial charge in [0.2, 0.25) is 5.95 Å². The van der Waals surface area contributed by atoms with E-state index in [9.17, 15) is 9.59 Å². The summed E-state index contributed by atoms with van der Waals surface area (Å²) < 4.78 is 5.60. The lowest BCUT2D eigenvalue weighted by molar-refractivity contribution is 0.0196. The van der Waals surface area contributed by atoms with Crippen LogP contribution in [0.5, 0.6) is 0 Å². The number of aromatic nitrogens is 3. The zero-order valence-electron chi connectivity index (χ0n) is 23.3. The van der Waals surface area contributed by atoms with Crippen LogP contribution in [0.15, 0.2) is 54.9 Å². The Kier molecular flexibility index (Phi) is 9.39. The lowest BCUT2D eigenvalue weighted by Crippen LogP contribution is -2.46. The summed E-state index contributed by atoms with van der Waals surface area (Å²) in [4.78, 5) is 41.3. The van der Waals surface area contributed by atoms with Gasteiger partial charge in [-0.3, -0.25) is 4.79 Å². The summed E-state index contributed by atoms with van der Waals surface area (Å²) in [6.45, 7) is 14.9. The van der Waals surface area contributed by atoms with Crippen molar-refractivity contribution in [2.45, 2.75) is 66.2 Å². The lowest BCUT2D eigenvalue weighted by atomic mass is 10.2. The number of pyridine rings is 1. The van der Waals surface area contributed by atoms with Crippen LogP contribution in [0.2, 0.25) is 0 Å². The maximum Gasteiger partial charge on any atom is 0.410 e. The first-order valence-corrected chi connectivity index (χ1v) is 12.8. The Labute approximate surface area is 225 Å². The van der Waals surface area contributed by atoms with E-state index in [-0.39, 0.29) is 18.2 Å². The monoisotopic (exact) mass is 518 g/mol. The molecule has 9 nitrogen and oxygen atoms in total. The Hall–Kier alpha value is -4.01. The minimum absolute atomic E-state index is 0.00989. The van der Waals surface area contributed by atoms with E-state index in [1.54, 1.807) is 35.5 Å². The lowest BCUT2D eigenvalue weighted by Gasteiger charge is -2.34. The molecule has 0 aliphatic heterocycles. The van der Waals surface area contributed by atoms with Crippen molar-refractivity contribution in [3.8, 4) is 11.3 Å². The van der Waals surface area contributed by atoms with Gasteiger partial charge in [-0.05, 0) is 78.8 Å². The molecule has 0 aliphatic rings. The van der Waals surface area contributed by atoms with Gasteiger partial charge in [0.05, 0.1) is 5.69 Å². The van der Waals surface area contributed by atoms with Crippen LogP contribution >= 0.6 is 0 Å². The zero-order chi connectivity index (χ0) is 27.9. The van der Waals surface area contributed by atoms with Crippen molar-refractivity contribution in [3.05, 3.63) is 60.4 Å². The molecule has 2 heterocycles. The molecule has 0 saturated heterocycles. The summed E-state index contributed by atoms with van der Waals surface area (Å²) in [5.41, 5.74) is 2.33. The summed E-state index contributed by atoms with van der Waals surface area (Å²) in [5, 5.41) is 3.14. The van der Waals surface area contributed by atoms with Gasteiger partial charge < -0.3 is 19.9 Å². The number of hydrogen-bond donors (Lipinski definition) is 1. The highest BCUT2D eigenvalue weighted by atomic mass is 16.6. The van der Waals surface area contributed by atoms with Gasteiger partial charge in [-0.2, -0.15) is 0 Å². The summed E-state index contributed by atoms with van der Waals surface area (Å²) in [7, 11) is 0. The van der Waals surface area contributed by atoms with Crippen LogP contribution in [0.25, 0.3) is 11.3 Å². The highest BCUT2D eigenvalue weighted by molar-refractivity contribution is 5.77. The van der Waals surface area contributed by atoms with Crippen LogP contribution in [0.4, 0.5) is 22.2 Å². The van der Waals surface area contributed by atoms with Gasteiger partial charge in [-0.25, -0.2) is 19.7 Å². The molecule has 0 saturated carbocycles. The number of carbonyl (C=O) groups excluding carboxylic acids is 2. The number of benzene rings is 1. The van der Waals surface area contributed by atoms with Crippen LogP contribution < -0.4 is 10.2 Å². The third-order valence-corrected chi connectivity index (χ3v) is 5.73. The fourth-order valence-electron chi connectivity index (χ4n) is 3.84. The number of nitrogens with zero attached hydrogens (tertiary/aromatic N) is 5. The highest BCUT2D eigenvalue weighted by Gasteiger charge is 2.25. The second kappa shape index (κ2) is 12.5. The second-order valence-electron chi connectivity index (χ2n) is 10.6. The van der Waals surface area contributed by atoms with Gasteiger partial charge in [0, 0.05) is 54.4 Å². The maximum absolute atomic E-state index is 12.7. The van der Waals surface area contributed by atoms with Crippen molar-refractivity contribution < 1.29 is 14.3 Å². The third-order valence-electron chi connectivity index (χ3n) is 5.73. The van der Waals surface area contributed by atoms with Gasteiger partial charge in [-0.15, -0.1) is 0 Å². The molecule has 2 aromatic heterocycles. The normalized spacial score (nSPS) is 11.4. The molecule has 0 fully saturated rings. The number of rotatable bonds is 10. The number of anilines is 3. The number of aldehydes is 1. The fraction of sp³-hybridized carbons (Fsp3) is 0.414. The molecular formula is C29H38N6O3. The summed E-state index contributed by atoms with van der Waals surface area (Å²) in [5.74, 6) is 1.24. The van der Waals surface area contributed by atoms with E-state index in [2.05, 4.69) is 34.0 Å². The number of amides is 1. The average molecular weight is 519 g/mol. The molecule has 1 N–H and O–H groups in total. The number of hydrogen-bond acceptors (Lipinski definition) is 8. The second-order valence-corrected chi connectivity index (χ2v) is 10.6. The van der Waals surface area contributed by atoms with E-state index in [1.165, 1.54) is 0 Å². The van der Waals surface area contributed by atoms with Gasteiger partial charge in [0.15, 0.2) is 0 Å². The minimum Gasteiger partial charge on any atom is -0.444 e. The zero-order valence-corrected chi connectivity index (χ0v) is 23.3. The molecule has 202 valence electrons. The first-order chi connectivity index (χ1) is 18.0. The van der Waals surface area contributed by atoms with Crippen LogP contribution in [0, 0.1) is 0 Å².